The Morgan fingerprint density at radius 2 is 0.800 bits per heavy atom. The van der Waals surface area contributed by atoms with E-state index in [1.165, 1.54) is 10.8 Å². The van der Waals surface area contributed by atoms with Gasteiger partial charge in [-0.15, -0.1) is 0 Å². The quantitative estimate of drug-likeness (QED) is 0.169. The number of rotatable bonds is 4. The summed E-state index contributed by atoms with van der Waals surface area (Å²) in [6.45, 7) is 7.93. The number of hydrogen-bond donors (Lipinski definition) is 0. The minimum Gasteiger partial charge on any atom is -0.309 e. The monoisotopic (exact) mass is 699 g/mol. The first-order chi connectivity index (χ1) is 27.3. The maximum Gasteiger partial charge on any atom is 0.197 e. The lowest BCUT2D eigenvalue weighted by Crippen LogP contribution is -2.02. The van der Waals surface area contributed by atoms with Gasteiger partial charge in [0, 0.05) is 43.6 Å². The molecule has 11 aromatic rings. The highest BCUT2D eigenvalue weighted by molar-refractivity contribution is 6.17. The Labute approximate surface area is 316 Å². The van der Waals surface area contributed by atoms with Crippen LogP contribution in [0.3, 0.4) is 0 Å². The van der Waals surface area contributed by atoms with Crippen molar-refractivity contribution in [3.05, 3.63) is 193 Å². The summed E-state index contributed by atoms with van der Waals surface area (Å²) >= 11 is 0. The molecule has 5 nitrogen and oxygen atoms in total. The van der Waals surface area contributed by atoms with Crippen LogP contribution in [-0.2, 0) is 0 Å². The van der Waals surface area contributed by atoms with Crippen LogP contribution >= 0.6 is 0 Å². The van der Waals surface area contributed by atoms with Crippen molar-refractivity contribution in [3.8, 4) is 34.3 Å². The summed E-state index contributed by atoms with van der Waals surface area (Å²) in [5, 5.41) is 17.7. The zero-order valence-electron chi connectivity index (χ0n) is 29.5. The Morgan fingerprint density at radius 3 is 1.45 bits per heavy atom. The molecule has 8 aromatic carbocycles. The lowest BCUT2D eigenvalue weighted by molar-refractivity contribution is 1.16. The summed E-state index contributed by atoms with van der Waals surface area (Å²) in [5.41, 5.74) is 12.2. The second-order valence-electron chi connectivity index (χ2n) is 13.9. The fraction of sp³-hybridized carbons (Fsp3) is 0. The first kappa shape index (κ1) is 30.7. The molecule has 0 saturated carbocycles. The molecule has 0 aliphatic rings. The topological polar surface area (TPSA) is 42.9 Å². The third-order valence-corrected chi connectivity index (χ3v) is 11.1. The van der Waals surface area contributed by atoms with Crippen LogP contribution in [0.1, 0.15) is 5.56 Å². The van der Waals surface area contributed by atoms with Crippen LogP contribution in [0.2, 0.25) is 0 Å². The van der Waals surface area contributed by atoms with Crippen molar-refractivity contribution >= 4 is 71.1 Å². The van der Waals surface area contributed by atoms with Crippen LogP contribution in [0.25, 0.3) is 98.5 Å². The molecule has 11 rings (SSSR count). The van der Waals surface area contributed by atoms with E-state index in [1.54, 1.807) is 0 Å². The average molecular weight is 700 g/mol. The molecule has 254 valence electrons. The van der Waals surface area contributed by atoms with Crippen LogP contribution in [0.15, 0.2) is 176 Å². The van der Waals surface area contributed by atoms with Crippen molar-refractivity contribution in [1.29, 1.82) is 5.26 Å². The Kier molecular flexibility index (Phi) is 6.61. The van der Waals surface area contributed by atoms with Gasteiger partial charge in [-0.05, 0) is 60.0 Å². The normalized spacial score (nSPS) is 11.6. The predicted molar refractivity (Wildman–Crippen MR) is 226 cm³/mol. The number of hydrogen-bond acceptors (Lipinski definition) is 1. The molecule has 3 heterocycles. The number of fused-ring (bicyclic) bond motifs is 9. The van der Waals surface area contributed by atoms with E-state index in [0.29, 0.717) is 11.3 Å². The molecule has 0 unspecified atom stereocenters. The molecule has 0 fully saturated rings. The number of aromatic nitrogens is 3. The molecule has 3 aromatic heterocycles. The number of para-hydroxylation sites is 5. The maximum atomic E-state index is 11.1. The number of nitriles is 1. The minimum atomic E-state index is 0.567. The van der Waals surface area contributed by atoms with Crippen LogP contribution in [0.4, 0.5) is 5.69 Å². The summed E-state index contributed by atoms with van der Waals surface area (Å²) < 4.78 is 6.90. The molecule has 0 bridgehead atoms. The standard InChI is InChI=1S/C50H29N5/c1-52-39-21-13-28-46-49(39)36-18-5-10-25-43(36)55(46)45-27-12-20-32(38(45)31-51)33-15-2-7-22-40(33)54-44-26-11-6-19-37(44)50-47(29-14-30-48(50)54)53-41-23-8-3-16-34(41)35-17-4-9-24-42(35)53/h2-30H. The summed E-state index contributed by atoms with van der Waals surface area (Å²) in [6.07, 6.45) is 0. The minimum absolute atomic E-state index is 0.567. The predicted octanol–water partition coefficient (Wildman–Crippen LogP) is 13.1. The molecule has 0 N–H and O–H groups in total. The van der Waals surface area contributed by atoms with E-state index in [0.717, 1.165) is 82.8 Å². The van der Waals surface area contributed by atoms with Gasteiger partial charge in [-0.2, -0.15) is 5.26 Å². The zero-order valence-corrected chi connectivity index (χ0v) is 29.5. The van der Waals surface area contributed by atoms with Crippen LogP contribution < -0.4 is 0 Å². The molecule has 55 heavy (non-hydrogen) atoms. The maximum absolute atomic E-state index is 11.1. The fourth-order valence-corrected chi connectivity index (χ4v) is 8.95. The fourth-order valence-electron chi connectivity index (χ4n) is 8.95. The molecule has 0 amide bonds. The third-order valence-electron chi connectivity index (χ3n) is 11.1. The van der Waals surface area contributed by atoms with Gasteiger partial charge in [0.1, 0.15) is 6.07 Å². The van der Waals surface area contributed by atoms with Crippen LogP contribution in [0, 0.1) is 17.9 Å². The molecule has 0 aliphatic carbocycles. The Morgan fingerprint density at radius 1 is 0.382 bits per heavy atom. The highest BCUT2D eigenvalue weighted by atomic mass is 15.0. The summed E-state index contributed by atoms with van der Waals surface area (Å²) in [7, 11) is 0. The van der Waals surface area contributed by atoms with Crippen molar-refractivity contribution in [1.82, 2.24) is 13.7 Å². The summed E-state index contributed by atoms with van der Waals surface area (Å²) in [6, 6.07) is 63.6. The van der Waals surface area contributed by atoms with Gasteiger partial charge in [-0.25, -0.2) is 4.85 Å². The van der Waals surface area contributed by atoms with Crippen molar-refractivity contribution in [2.45, 2.75) is 0 Å². The van der Waals surface area contributed by atoms with E-state index in [9.17, 15) is 5.26 Å². The lowest BCUT2D eigenvalue weighted by Gasteiger charge is -2.18. The second-order valence-corrected chi connectivity index (χ2v) is 13.9. The summed E-state index contributed by atoms with van der Waals surface area (Å²) in [4.78, 5) is 3.87. The SMILES string of the molecule is [C-]#[N+]c1cccc2c1c1ccccc1n2-c1cccc(-c2ccccc2-n2c3ccccc3c3c(-n4c5ccccc5c5ccccc54)cccc32)c1C#N. The van der Waals surface area contributed by atoms with E-state index in [4.69, 9.17) is 6.57 Å². The van der Waals surface area contributed by atoms with E-state index in [-0.39, 0.29) is 0 Å². The molecule has 0 saturated heterocycles. The first-order valence-corrected chi connectivity index (χ1v) is 18.3. The zero-order chi connectivity index (χ0) is 36.6. The van der Waals surface area contributed by atoms with E-state index in [2.05, 4.69) is 152 Å². The largest absolute Gasteiger partial charge is 0.309 e. The van der Waals surface area contributed by atoms with Gasteiger partial charge in [-0.3, -0.25) is 0 Å². The van der Waals surface area contributed by atoms with Crippen LogP contribution in [0.5, 0.6) is 0 Å². The highest BCUT2D eigenvalue weighted by Gasteiger charge is 2.23. The van der Waals surface area contributed by atoms with Gasteiger partial charge in [0.15, 0.2) is 5.69 Å². The first-order valence-electron chi connectivity index (χ1n) is 18.3. The van der Waals surface area contributed by atoms with Gasteiger partial charge in [0.25, 0.3) is 0 Å². The van der Waals surface area contributed by atoms with Crippen molar-refractivity contribution in [2.75, 3.05) is 0 Å². The van der Waals surface area contributed by atoms with Gasteiger partial charge >= 0.3 is 0 Å². The second kappa shape index (κ2) is 11.8. The van der Waals surface area contributed by atoms with Crippen LogP contribution in [-0.4, -0.2) is 13.7 Å². The van der Waals surface area contributed by atoms with Crippen molar-refractivity contribution < 1.29 is 0 Å². The van der Waals surface area contributed by atoms with E-state index in [1.807, 2.05) is 48.5 Å². The number of nitrogens with zero attached hydrogens (tertiary/aromatic N) is 5. The molecule has 0 atom stereocenters. The molecule has 0 spiro atoms. The molecule has 5 heteroatoms. The van der Waals surface area contributed by atoms with Gasteiger partial charge in [-0.1, -0.05) is 121 Å². The smallest absolute Gasteiger partial charge is 0.197 e. The van der Waals surface area contributed by atoms with Crippen molar-refractivity contribution in [2.24, 2.45) is 0 Å². The van der Waals surface area contributed by atoms with E-state index >= 15 is 0 Å². The highest BCUT2D eigenvalue weighted by Crippen LogP contribution is 2.43. The van der Waals surface area contributed by atoms with Gasteiger partial charge in [0.2, 0.25) is 0 Å². The third kappa shape index (κ3) is 4.27. The molecular weight excluding hydrogens is 671 g/mol. The molecule has 0 radical (unpaired) electrons. The average Bonchev–Trinajstić information content (AvgIpc) is 3.89. The molecular formula is C50H29N5. The number of benzene rings is 8. The lowest BCUT2D eigenvalue weighted by atomic mass is 9.96. The Bertz CT molecular complexity index is 3420. The molecule has 0 aliphatic heterocycles. The Hall–Kier alpha value is -7.86. The van der Waals surface area contributed by atoms with Gasteiger partial charge in [0.05, 0.1) is 56.8 Å². The van der Waals surface area contributed by atoms with Crippen molar-refractivity contribution in [3.63, 3.8) is 0 Å². The summed E-state index contributed by atoms with van der Waals surface area (Å²) in [5.74, 6) is 0. The van der Waals surface area contributed by atoms with Gasteiger partial charge < -0.3 is 13.7 Å². The Balaban J connectivity index is 1.20. The van der Waals surface area contributed by atoms with E-state index < -0.39 is 0 Å².